The van der Waals surface area contributed by atoms with Gasteiger partial charge < -0.3 is 10.6 Å². The van der Waals surface area contributed by atoms with Crippen LogP contribution < -0.4 is 10.6 Å². The lowest BCUT2D eigenvalue weighted by Gasteiger charge is -2.11. The summed E-state index contributed by atoms with van der Waals surface area (Å²) in [5.74, 6) is -0.197. The highest BCUT2D eigenvalue weighted by molar-refractivity contribution is 6.31. The summed E-state index contributed by atoms with van der Waals surface area (Å²) in [5.41, 5.74) is 2.11. The van der Waals surface area contributed by atoms with Gasteiger partial charge in [-0.25, -0.2) is 0 Å². The summed E-state index contributed by atoms with van der Waals surface area (Å²) in [4.78, 5) is 12.2. The molecule has 0 heterocycles. The van der Waals surface area contributed by atoms with E-state index in [4.69, 9.17) is 23.2 Å². The van der Waals surface area contributed by atoms with Crippen molar-refractivity contribution in [3.63, 3.8) is 0 Å². The highest BCUT2D eigenvalue weighted by Gasteiger charge is 2.11. The zero-order chi connectivity index (χ0) is 14.5. The molecule has 0 aromatic heterocycles. The first-order chi connectivity index (χ1) is 9.61. The molecule has 0 aliphatic rings. The molecule has 2 aromatic rings. The lowest BCUT2D eigenvalue weighted by atomic mass is 10.1. The fraction of sp³-hybridized carbons (Fsp3) is 0.133. The fourth-order valence-corrected chi connectivity index (χ4v) is 2.21. The van der Waals surface area contributed by atoms with Crippen LogP contribution in [0, 0.1) is 0 Å². The fourth-order valence-electron chi connectivity index (χ4n) is 1.83. The Morgan fingerprint density at radius 3 is 2.60 bits per heavy atom. The highest BCUT2D eigenvalue weighted by Crippen LogP contribution is 2.21. The van der Waals surface area contributed by atoms with Crippen LogP contribution in [0.5, 0.6) is 0 Å². The van der Waals surface area contributed by atoms with Gasteiger partial charge in [-0.1, -0.05) is 41.4 Å². The minimum atomic E-state index is -0.197. The highest BCUT2D eigenvalue weighted by atomic mass is 35.5. The van der Waals surface area contributed by atoms with Crippen molar-refractivity contribution in [3.05, 3.63) is 63.6 Å². The molecule has 0 aliphatic heterocycles. The van der Waals surface area contributed by atoms with Gasteiger partial charge in [0, 0.05) is 29.3 Å². The SMILES string of the molecule is CNc1ccc(Cl)cc1C(=O)NCc1ccccc1Cl. The summed E-state index contributed by atoms with van der Waals surface area (Å²) < 4.78 is 0. The number of hydrogen-bond acceptors (Lipinski definition) is 2. The van der Waals surface area contributed by atoms with E-state index in [-0.39, 0.29) is 5.91 Å². The first kappa shape index (κ1) is 14.7. The van der Waals surface area contributed by atoms with Crippen molar-refractivity contribution in [2.75, 3.05) is 12.4 Å². The topological polar surface area (TPSA) is 41.1 Å². The predicted octanol–water partition coefficient (Wildman–Crippen LogP) is 3.97. The normalized spacial score (nSPS) is 10.2. The van der Waals surface area contributed by atoms with Gasteiger partial charge in [-0.05, 0) is 29.8 Å². The van der Waals surface area contributed by atoms with Gasteiger partial charge in [-0.2, -0.15) is 0 Å². The third kappa shape index (κ3) is 3.44. The van der Waals surface area contributed by atoms with Crippen molar-refractivity contribution < 1.29 is 4.79 Å². The van der Waals surface area contributed by atoms with Gasteiger partial charge in [0.1, 0.15) is 0 Å². The molecule has 5 heteroatoms. The molecule has 0 aliphatic carbocycles. The van der Waals surface area contributed by atoms with Gasteiger partial charge in [0.25, 0.3) is 5.91 Å². The van der Waals surface area contributed by atoms with Gasteiger partial charge in [0.05, 0.1) is 5.56 Å². The van der Waals surface area contributed by atoms with Crippen LogP contribution in [-0.4, -0.2) is 13.0 Å². The summed E-state index contributed by atoms with van der Waals surface area (Å²) in [7, 11) is 1.76. The standard InChI is InChI=1S/C15H14Cl2N2O/c1-18-14-7-6-11(16)8-12(14)15(20)19-9-10-4-2-3-5-13(10)17/h2-8,18H,9H2,1H3,(H,19,20). The van der Waals surface area contributed by atoms with Crippen LogP contribution in [0.1, 0.15) is 15.9 Å². The third-order valence-electron chi connectivity index (χ3n) is 2.89. The van der Waals surface area contributed by atoms with Crippen molar-refractivity contribution in [2.45, 2.75) is 6.54 Å². The summed E-state index contributed by atoms with van der Waals surface area (Å²) in [5, 5.41) is 6.96. The van der Waals surface area contributed by atoms with E-state index >= 15 is 0 Å². The second-order valence-corrected chi connectivity index (χ2v) is 5.06. The molecular formula is C15H14Cl2N2O. The number of hydrogen-bond donors (Lipinski definition) is 2. The van der Waals surface area contributed by atoms with Crippen LogP contribution in [-0.2, 0) is 6.54 Å². The van der Waals surface area contributed by atoms with E-state index in [1.807, 2.05) is 18.2 Å². The number of rotatable bonds is 4. The maximum absolute atomic E-state index is 12.2. The van der Waals surface area contributed by atoms with E-state index in [9.17, 15) is 4.79 Å². The molecule has 0 saturated carbocycles. The quantitative estimate of drug-likeness (QED) is 0.897. The summed E-state index contributed by atoms with van der Waals surface area (Å²) in [6, 6.07) is 12.5. The Hall–Kier alpha value is -1.71. The van der Waals surface area contributed by atoms with E-state index < -0.39 is 0 Å². The zero-order valence-electron chi connectivity index (χ0n) is 10.9. The zero-order valence-corrected chi connectivity index (χ0v) is 12.4. The van der Waals surface area contributed by atoms with Gasteiger partial charge >= 0.3 is 0 Å². The van der Waals surface area contributed by atoms with Crippen molar-refractivity contribution in [1.29, 1.82) is 0 Å². The Morgan fingerprint density at radius 1 is 1.15 bits per heavy atom. The molecule has 0 unspecified atom stereocenters. The van der Waals surface area contributed by atoms with Crippen molar-refractivity contribution >= 4 is 34.8 Å². The molecule has 2 N–H and O–H groups in total. The molecule has 104 valence electrons. The van der Waals surface area contributed by atoms with Crippen molar-refractivity contribution in [1.82, 2.24) is 5.32 Å². The number of anilines is 1. The van der Waals surface area contributed by atoms with Crippen LogP contribution >= 0.6 is 23.2 Å². The lowest BCUT2D eigenvalue weighted by Crippen LogP contribution is -2.23. The molecule has 1 amide bonds. The molecule has 0 radical (unpaired) electrons. The maximum Gasteiger partial charge on any atom is 0.253 e. The number of benzene rings is 2. The molecule has 2 aromatic carbocycles. The summed E-state index contributed by atoms with van der Waals surface area (Å²) in [6.45, 7) is 0.369. The summed E-state index contributed by atoms with van der Waals surface area (Å²) >= 11 is 12.0. The number of amides is 1. The third-order valence-corrected chi connectivity index (χ3v) is 3.50. The summed E-state index contributed by atoms with van der Waals surface area (Å²) in [6.07, 6.45) is 0. The molecule has 2 rings (SSSR count). The molecule has 0 fully saturated rings. The molecule has 0 saturated heterocycles. The maximum atomic E-state index is 12.2. The lowest BCUT2D eigenvalue weighted by molar-refractivity contribution is 0.0951. The van der Waals surface area contributed by atoms with E-state index in [1.54, 1.807) is 31.3 Å². The van der Waals surface area contributed by atoms with Gasteiger partial charge in [0.2, 0.25) is 0 Å². The number of halogens is 2. The van der Waals surface area contributed by atoms with E-state index in [1.165, 1.54) is 0 Å². The average molecular weight is 309 g/mol. The van der Waals surface area contributed by atoms with E-state index in [0.717, 1.165) is 11.3 Å². The largest absolute Gasteiger partial charge is 0.387 e. The van der Waals surface area contributed by atoms with Crippen LogP contribution in [0.2, 0.25) is 10.0 Å². The monoisotopic (exact) mass is 308 g/mol. The minimum Gasteiger partial charge on any atom is -0.387 e. The molecule has 20 heavy (non-hydrogen) atoms. The predicted molar refractivity (Wildman–Crippen MR) is 83.6 cm³/mol. The van der Waals surface area contributed by atoms with Crippen LogP contribution in [0.3, 0.4) is 0 Å². The first-order valence-corrected chi connectivity index (χ1v) is 6.86. The molecular weight excluding hydrogens is 295 g/mol. The van der Waals surface area contributed by atoms with E-state index in [2.05, 4.69) is 10.6 Å². The smallest absolute Gasteiger partial charge is 0.253 e. The van der Waals surface area contributed by atoms with Gasteiger partial charge in [-0.15, -0.1) is 0 Å². The molecule has 0 bridgehead atoms. The Kier molecular flexibility index (Phi) is 4.88. The van der Waals surface area contributed by atoms with Gasteiger partial charge in [0.15, 0.2) is 0 Å². The van der Waals surface area contributed by atoms with Crippen LogP contribution in [0.15, 0.2) is 42.5 Å². The molecule has 3 nitrogen and oxygen atoms in total. The second-order valence-electron chi connectivity index (χ2n) is 4.21. The second kappa shape index (κ2) is 6.64. The number of nitrogens with one attached hydrogen (secondary N) is 2. The Balaban J connectivity index is 2.13. The molecule has 0 atom stereocenters. The van der Waals surface area contributed by atoms with E-state index in [0.29, 0.717) is 22.2 Å². The Morgan fingerprint density at radius 2 is 1.90 bits per heavy atom. The van der Waals surface area contributed by atoms with Crippen LogP contribution in [0.25, 0.3) is 0 Å². The van der Waals surface area contributed by atoms with Crippen LogP contribution in [0.4, 0.5) is 5.69 Å². The Labute approximate surface area is 127 Å². The Bertz CT molecular complexity index is 629. The number of carbonyl (C=O) groups excluding carboxylic acids is 1. The number of carbonyl (C=O) groups is 1. The van der Waals surface area contributed by atoms with Crippen molar-refractivity contribution in [2.24, 2.45) is 0 Å². The minimum absolute atomic E-state index is 0.197. The first-order valence-electron chi connectivity index (χ1n) is 6.10. The van der Waals surface area contributed by atoms with Crippen molar-refractivity contribution in [3.8, 4) is 0 Å². The van der Waals surface area contributed by atoms with Gasteiger partial charge in [-0.3, -0.25) is 4.79 Å². The average Bonchev–Trinajstić information content (AvgIpc) is 2.46. The molecule has 0 spiro atoms.